The molecule has 9 heteroatoms. The van der Waals surface area contributed by atoms with Crippen molar-refractivity contribution in [1.82, 2.24) is 14.6 Å². The Balaban J connectivity index is 2.01. The number of ether oxygens (including phenoxy) is 1. The van der Waals surface area contributed by atoms with Gasteiger partial charge in [0.05, 0.1) is 18.4 Å². The molecule has 0 unspecified atom stereocenters. The van der Waals surface area contributed by atoms with Crippen molar-refractivity contribution >= 4 is 11.6 Å². The predicted molar refractivity (Wildman–Crippen MR) is 98.0 cm³/mol. The summed E-state index contributed by atoms with van der Waals surface area (Å²) in [5.74, 6) is -0.0788. The maximum absolute atomic E-state index is 12.2. The number of aromatic amines is 1. The third kappa shape index (κ3) is 3.35. The number of aromatic nitrogens is 2. The Morgan fingerprint density at radius 2 is 2.00 bits per heavy atom. The third-order valence-corrected chi connectivity index (χ3v) is 4.39. The summed E-state index contributed by atoms with van der Waals surface area (Å²) < 4.78 is 6.34. The van der Waals surface area contributed by atoms with Crippen molar-refractivity contribution in [2.75, 3.05) is 6.61 Å². The Labute approximate surface area is 154 Å². The normalized spacial score (nSPS) is 16.3. The number of rotatable bonds is 4. The fraction of sp³-hybridized carbons (Fsp3) is 0.333. The van der Waals surface area contributed by atoms with Gasteiger partial charge in [0.15, 0.2) is 0 Å². The molecule has 2 aromatic rings. The summed E-state index contributed by atoms with van der Waals surface area (Å²) in [5, 5.41) is 15.8. The van der Waals surface area contributed by atoms with E-state index in [0.717, 1.165) is 10.1 Å². The molecule has 3 rings (SSSR count). The summed E-state index contributed by atoms with van der Waals surface area (Å²) in [6.45, 7) is 3.81. The van der Waals surface area contributed by atoms with Gasteiger partial charge in [-0.15, -0.1) is 0 Å². The van der Waals surface area contributed by atoms with Crippen LogP contribution in [0.25, 0.3) is 0 Å². The molecular formula is C18H20N4O5. The van der Waals surface area contributed by atoms with E-state index in [0.29, 0.717) is 12.4 Å². The van der Waals surface area contributed by atoms with Gasteiger partial charge in [-0.1, -0.05) is 12.1 Å². The lowest BCUT2D eigenvalue weighted by Gasteiger charge is -2.20. The molecule has 0 bridgehead atoms. The first kappa shape index (κ1) is 18.4. The Bertz CT molecular complexity index is 1020. The standard InChI is InChI=1S/C18H20N4O5/c1-4-27-12-7-5-11(6-8-12)14-9-13(20-22(14)10(2)23)15-16(24)19-18(26)21(3)17(15)25/h5-8,14,25H,4,9H2,1-3H3,(H,19,24,26)/t14-/m0/s1. The first-order valence-corrected chi connectivity index (χ1v) is 8.46. The maximum atomic E-state index is 12.2. The summed E-state index contributed by atoms with van der Waals surface area (Å²) in [5.41, 5.74) is -0.542. The summed E-state index contributed by atoms with van der Waals surface area (Å²) >= 11 is 0. The quantitative estimate of drug-likeness (QED) is 0.826. The number of carbonyl (C=O) groups excluding carboxylic acids is 1. The molecule has 1 aromatic heterocycles. The highest BCUT2D eigenvalue weighted by Gasteiger charge is 2.34. The third-order valence-electron chi connectivity index (χ3n) is 4.39. The highest BCUT2D eigenvalue weighted by atomic mass is 16.5. The van der Waals surface area contributed by atoms with Gasteiger partial charge >= 0.3 is 5.69 Å². The van der Waals surface area contributed by atoms with Gasteiger partial charge in [-0.2, -0.15) is 5.10 Å². The molecule has 0 saturated heterocycles. The molecule has 9 nitrogen and oxygen atoms in total. The zero-order valence-corrected chi connectivity index (χ0v) is 15.2. The van der Waals surface area contributed by atoms with Gasteiger partial charge < -0.3 is 9.84 Å². The summed E-state index contributed by atoms with van der Waals surface area (Å²) in [6, 6.07) is 6.82. The van der Waals surface area contributed by atoms with Crippen LogP contribution in [0.15, 0.2) is 39.0 Å². The van der Waals surface area contributed by atoms with Gasteiger partial charge in [0.25, 0.3) is 5.56 Å². The van der Waals surface area contributed by atoms with Crippen molar-refractivity contribution in [1.29, 1.82) is 0 Å². The van der Waals surface area contributed by atoms with E-state index in [-0.39, 0.29) is 23.6 Å². The van der Waals surface area contributed by atoms with Crippen LogP contribution in [0.3, 0.4) is 0 Å². The van der Waals surface area contributed by atoms with E-state index in [1.807, 2.05) is 19.1 Å². The molecule has 1 atom stereocenters. The van der Waals surface area contributed by atoms with Gasteiger partial charge in [-0.25, -0.2) is 9.80 Å². The molecule has 1 aliphatic rings. The molecule has 0 spiro atoms. The smallest absolute Gasteiger partial charge is 0.330 e. The first-order chi connectivity index (χ1) is 12.8. The number of amides is 1. The number of hydrogen-bond acceptors (Lipinski definition) is 6. The summed E-state index contributed by atoms with van der Waals surface area (Å²) in [4.78, 5) is 38.0. The number of aromatic hydroxyl groups is 1. The van der Waals surface area contributed by atoms with E-state index >= 15 is 0 Å². The molecule has 0 radical (unpaired) electrons. The second-order valence-electron chi connectivity index (χ2n) is 6.15. The van der Waals surface area contributed by atoms with Crippen LogP contribution < -0.4 is 16.0 Å². The SMILES string of the molecule is CCOc1ccc([C@@H]2CC(c3c(O)n(C)c(=O)[nH]c3=O)=NN2C(C)=O)cc1. The van der Waals surface area contributed by atoms with Crippen LogP contribution in [0.1, 0.15) is 37.4 Å². The molecule has 1 aromatic carbocycles. The van der Waals surface area contributed by atoms with Crippen molar-refractivity contribution in [2.24, 2.45) is 12.1 Å². The van der Waals surface area contributed by atoms with E-state index in [1.54, 1.807) is 12.1 Å². The number of carbonyl (C=O) groups is 1. The average Bonchev–Trinajstić information content (AvgIpc) is 3.06. The number of nitrogens with zero attached hydrogens (tertiary/aromatic N) is 3. The summed E-state index contributed by atoms with van der Waals surface area (Å²) in [7, 11) is 1.33. The number of nitrogens with one attached hydrogen (secondary N) is 1. The van der Waals surface area contributed by atoms with E-state index in [1.165, 1.54) is 19.0 Å². The van der Waals surface area contributed by atoms with Gasteiger partial charge in [-0.3, -0.25) is 19.1 Å². The van der Waals surface area contributed by atoms with Gasteiger partial charge in [0.2, 0.25) is 11.8 Å². The van der Waals surface area contributed by atoms with Gasteiger partial charge in [0, 0.05) is 20.4 Å². The fourth-order valence-electron chi connectivity index (χ4n) is 3.03. The van der Waals surface area contributed by atoms with Crippen LogP contribution in [-0.2, 0) is 11.8 Å². The highest BCUT2D eigenvalue weighted by molar-refractivity contribution is 6.04. The van der Waals surface area contributed by atoms with Crippen molar-refractivity contribution < 1.29 is 14.6 Å². The van der Waals surface area contributed by atoms with Crippen LogP contribution in [0.5, 0.6) is 11.6 Å². The van der Waals surface area contributed by atoms with Crippen LogP contribution in [0, 0.1) is 0 Å². The van der Waals surface area contributed by atoms with E-state index in [4.69, 9.17) is 4.74 Å². The number of benzene rings is 1. The minimum Gasteiger partial charge on any atom is -0.494 e. The highest BCUT2D eigenvalue weighted by Crippen LogP contribution is 2.34. The van der Waals surface area contributed by atoms with Crippen LogP contribution >= 0.6 is 0 Å². The van der Waals surface area contributed by atoms with Crippen molar-refractivity contribution in [3.05, 3.63) is 56.2 Å². The lowest BCUT2D eigenvalue weighted by Crippen LogP contribution is -2.32. The molecule has 0 aliphatic carbocycles. The number of H-pyrrole nitrogens is 1. The molecule has 1 aliphatic heterocycles. The second-order valence-corrected chi connectivity index (χ2v) is 6.15. The lowest BCUT2D eigenvalue weighted by molar-refractivity contribution is -0.130. The largest absolute Gasteiger partial charge is 0.494 e. The van der Waals surface area contributed by atoms with Gasteiger partial charge in [-0.05, 0) is 24.6 Å². The zero-order chi connectivity index (χ0) is 19.7. The van der Waals surface area contributed by atoms with Gasteiger partial charge in [0.1, 0.15) is 11.3 Å². The predicted octanol–water partition coefficient (Wildman–Crippen LogP) is 0.875. The molecule has 27 heavy (non-hydrogen) atoms. The minimum atomic E-state index is -0.745. The zero-order valence-electron chi connectivity index (χ0n) is 15.2. The van der Waals surface area contributed by atoms with Crippen LogP contribution in [0.4, 0.5) is 0 Å². The second kappa shape index (κ2) is 7.10. The van der Waals surface area contributed by atoms with E-state index in [2.05, 4.69) is 10.1 Å². The fourth-order valence-corrected chi connectivity index (χ4v) is 3.03. The number of hydrazone groups is 1. The Morgan fingerprint density at radius 1 is 1.33 bits per heavy atom. The average molecular weight is 372 g/mol. The summed E-state index contributed by atoms with van der Waals surface area (Å²) in [6.07, 6.45) is 0.225. The Kier molecular flexibility index (Phi) is 4.85. The first-order valence-electron chi connectivity index (χ1n) is 8.46. The minimum absolute atomic E-state index is 0.114. The topological polar surface area (TPSA) is 117 Å². The van der Waals surface area contributed by atoms with Crippen molar-refractivity contribution in [2.45, 2.75) is 26.3 Å². The molecule has 2 N–H and O–H groups in total. The molecule has 1 amide bonds. The van der Waals surface area contributed by atoms with E-state index in [9.17, 15) is 19.5 Å². The lowest BCUT2D eigenvalue weighted by atomic mass is 9.99. The maximum Gasteiger partial charge on any atom is 0.330 e. The molecule has 0 saturated carbocycles. The van der Waals surface area contributed by atoms with Crippen LogP contribution in [-0.4, -0.2) is 37.9 Å². The number of hydrogen-bond donors (Lipinski definition) is 2. The van der Waals surface area contributed by atoms with E-state index < -0.39 is 23.2 Å². The van der Waals surface area contributed by atoms with Crippen LogP contribution in [0.2, 0.25) is 0 Å². The molecule has 0 fully saturated rings. The molecule has 2 heterocycles. The Hall–Kier alpha value is -3.36. The van der Waals surface area contributed by atoms with Crippen molar-refractivity contribution in [3.8, 4) is 11.6 Å². The monoisotopic (exact) mass is 372 g/mol. The molecular weight excluding hydrogens is 352 g/mol. The van der Waals surface area contributed by atoms with Crippen molar-refractivity contribution in [3.63, 3.8) is 0 Å². The molecule has 142 valence electrons. The Morgan fingerprint density at radius 3 is 2.59 bits per heavy atom.